The Kier molecular flexibility index (Phi) is 18.3. The van der Waals surface area contributed by atoms with Crippen LogP contribution < -0.4 is 38.4 Å². The van der Waals surface area contributed by atoms with Crippen molar-refractivity contribution in [2.75, 3.05) is 39.6 Å². The van der Waals surface area contributed by atoms with E-state index in [-0.39, 0.29) is 19.5 Å². The van der Waals surface area contributed by atoms with Gasteiger partial charge < -0.3 is 58.3 Å². The standard InChI is InChI=1S/C60H64N8O6.Zn/c1-9-17-23-69-47-31-41-43(33-49(47)71-25-19-11-3)57-64-55(41)62-53-39-29-37(15-7)38(16-8)30-40(39)54(61-53)63-56-42-32-48(70-24-18-10-2)50(72-26-20-12-4)34-44(42)58(65-56)67-60-46-36-52(74-28-22-14-6)51(73-27-21-13-5)35-45(46)59(66-57)68-60;/h7-8,29-36H,9-14,17-28H2,1-6H3;/q-2;+2. The van der Waals surface area contributed by atoms with Gasteiger partial charge in [-0.15, -0.1) is 12.8 Å². The molecule has 8 bridgehead atoms. The summed E-state index contributed by atoms with van der Waals surface area (Å²) < 4.78 is 38.7. The van der Waals surface area contributed by atoms with Gasteiger partial charge in [0.1, 0.15) is 0 Å². The first kappa shape index (κ1) is 54.1. The molecule has 9 rings (SSSR count). The van der Waals surface area contributed by atoms with Crippen LogP contribution in [-0.2, 0) is 19.5 Å². The summed E-state index contributed by atoms with van der Waals surface area (Å²) in [4.78, 5) is 41.8. The summed E-state index contributed by atoms with van der Waals surface area (Å²) in [5, 5.41) is 2.63. The molecule has 0 unspecified atom stereocenters. The fourth-order valence-electron chi connectivity index (χ4n) is 8.60. The normalized spacial score (nSPS) is 11.4. The molecule has 0 radical (unpaired) electrons. The van der Waals surface area contributed by atoms with Crippen molar-refractivity contribution in [3.8, 4) is 105 Å². The molecule has 0 atom stereocenters. The monoisotopic (exact) mass is 1060 g/mol. The topological polar surface area (TPSA) is 161 Å². The van der Waals surface area contributed by atoms with E-state index in [1.807, 2.05) is 48.5 Å². The number of rotatable bonds is 24. The molecule has 2 aliphatic rings. The van der Waals surface area contributed by atoms with Crippen LogP contribution in [0.2, 0.25) is 0 Å². The summed E-state index contributed by atoms with van der Waals surface area (Å²) in [6, 6.07) is 15.3. The van der Waals surface area contributed by atoms with Gasteiger partial charge in [-0.25, -0.2) is 9.97 Å². The van der Waals surface area contributed by atoms with E-state index in [2.05, 4.69) is 53.4 Å². The maximum atomic E-state index is 6.47. The van der Waals surface area contributed by atoms with Crippen molar-refractivity contribution < 1.29 is 47.9 Å². The third kappa shape index (κ3) is 11.7. The first-order valence-electron chi connectivity index (χ1n) is 26.5. The first-order chi connectivity index (χ1) is 36.3. The van der Waals surface area contributed by atoms with Crippen molar-refractivity contribution in [2.45, 2.75) is 119 Å². The van der Waals surface area contributed by atoms with Crippen molar-refractivity contribution in [3.05, 3.63) is 59.7 Å². The number of ether oxygens (including phenoxy) is 6. The molecule has 15 heteroatoms. The molecule has 5 heterocycles. The number of aromatic nitrogens is 8. The van der Waals surface area contributed by atoms with Crippen molar-refractivity contribution in [3.63, 3.8) is 0 Å². The van der Waals surface area contributed by atoms with E-state index >= 15 is 0 Å². The Morgan fingerprint density at radius 2 is 0.573 bits per heavy atom. The molecule has 0 spiro atoms. The second-order valence-electron chi connectivity index (χ2n) is 18.5. The van der Waals surface area contributed by atoms with Crippen LogP contribution in [-0.4, -0.2) is 69.5 Å². The van der Waals surface area contributed by atoms with E-state index in [9.17, 15) is 0 Å². The zero-order valence-electron chi connectivity index (χ0n) is 44.2. The zero-order valence-corrected chi connectivity index (χ0v) is 47.2. The molecule has 75 heavy (non-hydrogen) atoms. The second kappa shape index (κ2) is 25.3. The van der Waals surface area contributed by atoms with E-state index in [1.165, 1.54) is 0 Å². The van der Waals surface area contributed by atoms with E-state index in [1.54, 1.807) is 0 Å². The van der Waals surface area contributed by atoms with Gasteiger partial charge in [0.2, 0.25) is 0 Å². The SMILES string of the molecule is C#Cc1cc2c3nc4nc(nc5[n-]c(nc6nc(nc([n-]3)c2cc1C#C)-c1cc(OCCCC)c(OCCCC)cc1-6)c1cc(OCCCC)c(OCCCC)cc51)-c1cc(OCCCC)c(OCCCC)cc1-4.[Zn+2]. The Morgan fingerprint density at radius 3 is 0.800 bits per heavy atom. The van der Waals surface area contributed by atoms with Gasteiger partial charge in [0.05, 0.1) is 62.9 Å². The van der Waals surface area contributed by atoms with Gasteiger partial charge in [0, 0.05) is 56.0 Å². The number of nitrogens with zero attached hydrogens (tertiary/aromatic N) is 8. The average molecular weight is 1060 g/mol. The van der Waals surface area contributed by atoms with Gasteiger partial charge in [-0.3, -0.25) is 0 Å². The number of hydrogen-bond donors (Lipinski definition) is 0. The summed E-state index contributed by atoms with van der Waals surface area (Å²) >= 11 is 0. The molecule has 0 N–H and O–H groups in total. The Morgan fingerprint density at radius 1 is 0.347 bits per heavy atom. The third-order valence-electron chi connectivity index (χ3n) is 12.9. The van der Waals surface area contributed by atoms with Crippen LogP contribution in [0.4, 0.5) is 0 Å². The Bertz CT molecular complexity index is 3230. The Hall–Kier alpha value is -7.22. The fourth-order valence-corrected chi connectivity index (χ4v) is 8.60. The molecule has 382 valence electrons. The molecule has 7 aromatic rings. The number of hydrogen-bond acceptors (Lipinski definition) is 12. The summed E-state index contributed by atoms with van der Waals surface area (Å²) in [5.41, 5.74) is 5.11. The van der Waals surface area contributed by atoms with Crippen molar-refractivity contribution in [1.29, 1.82) is 0 Å². The van der Waals surface area contributed by atoms with Crippen LogP contribution in [0.15, 0.2) is 48.5 Å². The van der Waals surface area contributed by atoms with Gasteiger partial charge in [-0.1, -0.05) is 91.9 Å². The van der Waals surface area contributed by atoms with Gasteiger partial charge in [-0.2, -0.15) is 0 Å². The fraction of sp³-hybridized carbons (Fsp3) is 0.400. The largest absolute Gasteiger partial charge is 2.00 e. The van der Waals surface area contributed by atoms with Crippen LogP contribution >= 0.6 is 0 Å². The van der Waals surface area contributed by atoms with Crippen molar-refractivity contribution in [2.24, 2.45) is 0 Å². The maximum absolute atomic E-state index is 6.47. The summed E-state index contributed by atoms with van der Waals surface area (Å²) in [6.45, 7) is 15.8. The Balaban J connectivity index is 0.00000747. The van der Waals surface area contributed by atoms with E-state index in [0.29, 0.717) is 175 Å². The van der Waals surface area contributed by atoms with Crippen LogP contribution in [0, 0.1) is 24.7 Å². The predicted molar refractivity (Wildman–Crippen MR) is 292 cm³/mol. The molecule has 0 amide bonds. The number of benzene rings is 4. The minimum atomic E-state index is 0. The molecule has 0 saturated heterocycles. The van der Waals surface area contributed by atoms with Crippen molar-refractivity contribution in [1.82, 2.24) is 39.9 Å². The van der Waals surface area contributed by atoms with Crippen LogP contribution in [0.1, 0.15) is 130 Å². The molecule has 14 nitrogen and oxygen atoms in total. The summed E-state index contributed by atoms with van der Waals surface area (Å²) in [7, 11) is 0. The molecular formula is C60H64N8O6Zn. The molecule has 4 aromatic carbocycles. The molecule has 2 aliphatic heterocycles. The average Bonchev–Trinajstić information content (AvgIpc) is 4.13. The van der Waals surface area contributed by atoms with Crippen LogP contribution in [0.3, 0.4) is 0 Å². The minimum absolute atomic E-state index is 0. The molecule has 3 aromatic heterocycles. The summed E-state index contributed by atoms with van der Waals surface area (Å²) in [6.07, 6.45) is 23.2. The third-order valence-corrected chi connectivity index (χ3v) is 12.9. The summed E-state index contributed by atoms with van der Waals surface area (Å²) in [5.74, 6) is 10.4. The van der Waals surface area contributed by atoms with Gasteiger partial charge in [0.15, 0.2) is 34.5 Å². The van der Waals surface area contributed by atoms with E-state index in [0.717, 1.165) is 77.0 Å². The number of unbranched alkanes of at least 4 members (excludes halogenated alkanes) is 6. The first-order valence-corrected chi connectivity index (χ1v) is 26.5. The number of terminal acetylenes is 2. The van der Waals surface area contributed by atoms with Crippen LogP contribution in [0.25, 0.3) is 89.7 Å². The van der Waals surface area contributed by atoms with Gasteiger partial charge >= 0.3 is 19.5 Å². The van der Waals surface area contributed by atoms with Crippen molar-refractivity contribution >= 4 is 44.1 Å². The van der Waals surface area contributed by atoms with E-state index < -0.39 is 0 Å². The number of fused-ring (bicyclic) bond motifs is 20. The van der Waals surface area contributed by atoms with Crippen LogP contribution in [0.5, 0.6) is 34.5 Å². The van der Waals surface area contributed by atoms with E-state index in [4.69, 9.17) is 81.1 Å². The molecule has 0 saturated carbocycles. The van der Waals surface area contributed by atoms with Gasteiger partial charge in [-0.05, 0) is 109 Å². The molecule has 0 fully saturated rings. The molecule has 0 aliphatic carbocycles. The zero-order chi connectivity index (χ0) is 51.6. The maximum Gasteiger partial charge on any atom is 2.00 e. The smallest absolute Gasteiger partial charge is 0.490 e. The minimum Gasteiger partial charge on any atom is -0.490 e. The quantitative estimate of drug-likeness (QED) is 0.0319. The predicted octanol–water partition coefficient (Wildman–Crippen LogP) is 13.2. The Labute approximate surface area is 452 Å². The van der Waals surface area contributed by atoms with Gasteiger partial charge in [0.25, 0.3) is 0 Å². The second-order valence-corrected chi connectivity index (χ2v) is 18.5. The molecular weight excluding hydrogens is 994 g/mol.